The molecular weight excluding hydrogens is 962 g/mol. The molecule has 57 heavy (non-hydrogen) atoms. The standard InChI is InChI=1S/C37H17Cl11N8O/c1-9(2)7-8-57-29-23(43)17-16(22(42)28(29)48)33-51-31-11-6-4-3-5-10(11)30(49-31)50-32-12-13(19(39)25(45)24(44)18(12)38)34(52-32)54-35-14-15(36(55-35)56-37(17)53-33)21(41)27(47)26(46)20(14)40/h3-6,9H,7-8H2,1-2H3,(H2,49,50,51,52,53,54,55,56). The van der Waals surface area contributed by atoms with E-state index in [0.29, 0.717) is 45.7 Å². The van der Waals surface area contributed by atoms with Gasteiger partial charge in [0, 0.05) is 10.8 Å². The number of H-pyrrole nitrogens is 2. The van der Waals surface area contributed by atoms with Crippen LogP contribution >= 0.6 is 128 Å². The Kier molecular flexibility index (Phi) is 10.3. The van der Waals surface area contributed by atoms with Crippen molar-refractivity contribution in [1.29, 1.82) is 0 Å². The summed E-state index contributed by atoms with van der Waals surface area (Å²) < 4.78 is 6.13. The van der Waals surface area contributed by atoms with Crippen LogP contribution in [0.15, 0.2) is 24.3 Å². The minimum absolute atomic E-state index is 0.000719. The van der Waals surface area contributed by atoms with E-state index >= 15 is 0 Å². The fourth-order valence-electron chi connectivity index (χ4n) is 6.61. The lowest BCUT2D eigenvalue weighted by atomic mass is 10.1. The van der Waals surface area contributed by atoms with Gasteiger partial charge in [-0.05, 0) is 12.3 Å². The van der Waals surface area contributed by atoms with Gasteiger partial charge >= 0.3 is 0 Å². The van der Waals surface area contributed by atoms with Gasteiger partial charge in [-0.25, -0.2) is 29.9 Å². The number of nitrogens with one attached hydrogen (secondary N) is 2. The second-order valence-corrected chi connectivity index (χ2v) is 17.4. The number of aromatic amines is 2. The molecule has 7 aromatic rings. The molecule has 9 rings (SSSR count). The van der Waals surface area contributed by atoms with Crippen molar-refractivity contribution < 1.29 is 4.74 Å². The van der Waals surface area contributed by atoms with Gasteiger partial charge in [0.2, 0.25) is 0 Å². The smallest absolute Gasteiger partial charge is 0.166 e. The monoisotopic (exact) mass is 974 g/mol. The molecule has 0 unspecified atom stereocenters. The van der Waals surface area contributed by atoms with E-state index < -0.39 is 0 Å². The Morgan fingerprint density at radius 3 is 1.26 bits per heavy atom. The summed E-state index contributed by atoms with van der Waals surface area (Å²) in [5.74, 6) is 0.843. The van der Waals surface area contributed by atoms with Crippen molar-refractivity contribution in [3.05, 3.63) is 79.5 Å². The fourth-order valence-corrected chi connectivity index (χ4v) is 9.54. The zero-order valence-corrected chi connectivity index (χ0v) is 36.9. The van der Waals surface area contributed by atoms with Crippen LogP contribution in [0.25, 0.3) is 89.7 Å². The average Bonchev–Trinajstić information content (AvgIpc) is 3.93. The third-order valence-electron chi connectivity index (χ3n) is 9.33. The molecule has 2 aliphatic heterocycles. The summed E-state index contributed by atoms with van der Waals surface area (Å²) in [6.07, 6.45) is 0.724. The Hall–Kier alpha value is -2.77. The van der Waals surface area contributed by atoms with Crippen molar-refractivity contribution in [3.8, 4) is 51.3 Å². The Labute approximate surface area is 376 Å². The number of nitrogens with zero attached hydrogens (tertiary/aromatic N) is 6. The Bertz CT molecular complexity index is 3130. The van der Waals surface area contributed by atoms with Crippen molar-refractivity contribution >= 4 is 172 Å². The molecule has 0 radical (unpaired) electrons. The van der Waals surface area contributed by atoms with Gasteiger partial charge in [0.05, 0.1) is 89.9 Å². The summed E-state index contributed by atoms with van der Waals surface area (Å²) >= 11 is 75.1. The summed E-state index contributed by atoms with van der Waals surface area (Å²) in [5.41, 5.74) is 2.04. The van der Waals surface area contributed by atoms with E-state index in [-0.39, 0.29) is 117 Å². The van der Waals surface area contributed by atoms with Crippen LogP contribution in [-0.4, -0.2) is 46.5 Å². The van der Waals surface area contributed by atoms with E-state index in [9.17, 15) is 0 Å². The average molecular weight is 980 g/mol. The maximum absolute atomic E-state index is 7.16. The molecular formula is C37H17Cl11N8O. The van der Waals surface area contributed by atoms with Crippen LogP contribution in [0.4, 0.5) is 0 Å². The first-order valence-electron chi connectivity index (χ1n) is 16.6. The highest BCUT2D eigenvalue weighted by Gasteiger charge is 2.33. The molecule has 4 aromatic carbocycles. The molecule has 0 amide bonds. The number of aromatic nitrogens is 8. The summed E-state index contributed by atoms with van der Waals surface area (Å²) in [5, 5.41) is 2.12. The number of halogens is 11. The van der Waals surface area contributed by atoms with Gasteiger partial charge in [-0.15, -0.1) is 0 Å². The molecule has 9 nitrogen and oxygen atoms in total. The first-order chi connectivity index (χ1) is 27.2. The van der Waals surface area contributed by atoms with Gasteiger partial charge < -0.3 is 14.7 Å². The highest BCUT2D eigenvalue weighted by atomic mass is 35.5. The maximum atomic E-state index is 7.16. The molecule has 5 heterocycles. The van der Waals surface area contributed by atoms with E-state index in [1.165, 1.54) is 0 Å². The van der Waals surface area contributed by atoms with E-state index in [4.69, 9.17) is 162 Å². The molecule has 8 bridgehead atoms. The van der Waals surface area contributed by atoms with Crippen molar-refractivity contribution in [2.45, 2.75) is 20.3 Å². The summed E-state index contributed by atoms with van der Waals surface area (Å²) in [6.45, 7) is 4.45. The van der Waals surface area contributed by atoms with Gasteiger partial charge in [0.1, 0.15) is 27.6 Å². The van der Waals surface area contributed by atoms with Gasteiger partial charge in [-0.2, -0.15) is 0 Å². The summed E-state index contributed by atoms with van der Waals surface area (Å²) in [4.78, 5) is 35.9. The van der Waals surface area contributed by atoms with Crippen LogP contribution < -0.4 is 4.74 Å². The predicted octanol–water partition coefficient (Wildman–Crippen LogP) is 15.5. The molecule has 0 atom stereocenters. The zero-order valence-electron chi connectivity index (χ0n) is 28.6. The predicted molar refractivity (Wildman–Crippen MR) is 236 cm³/mol. The molecule has 0 saturated heterocycles. The van der Waals surface area contributed by atoms with Crippen molar-refractivity contribution in [1.82, 2.24) is 39.9 Å². The maximum Gasteiger partial charge on any atom is 0.166 e. The van der Waals surface area contributed by atoms with Crippen LogP contribution in [-0.2, 0) is 0 Å². The summed E-state index contributed by atoms with van der Waals surface area (Å²) in [6, 6.07) is 7.43. The number of rotatable bonds is 4. The molecule has 288 valence electrons. The molecule has 0 aliphatic carbocycles. The summed E-state index contributed by atoms with van der Waals surface area (Å²) in [7, 11) is 0. The Morgan fingerprint density at radius 2 is 0.825 bits per heavy atom. The lowest BCUT2D eigenvalue weighted by molar-refractivity contribution is 0.290. The van der Waals surface area contributed by atoms with Crippen molar-refractivity contribution in [2.24, 2.45) is 5.92 Å². The van der Waals surface area contributed by atoms with Crippen LogP contribution in [0.3, 0.4) is 0 Å². The Balaban J connectivity index is 1.51. The second kappa shape index (κ2) is 14.7. The van der Waals surface area contributed by atoms with E-state index in [1.54, 1.807) is 0 Å². The van der Waals surface area contributed by atoms with E-state index in [2.05, 4.69) is 23.8 Å². The quantitative estimate of drug-likeness (QED) is 0.133. The van der Waals surface area contributed by atoms with E-state index in [1.807, 2.05) is 24.3 Å². The van der Waals surface area contributed by atoms with Crippen LogP contribution in [0.5, 0.6) is 5.75 Å². The minimum Gasteiger partial charge on any atom is -0.490 e. The van der Waals surface area contributed by atoms with Crippen LogP contribution in [0.1, 0.15) is 20.3 Å². The topological polar surface area (TPSA) is 118 Å². The van der Waals surface area contributed by atoms with E-state index in [0.717, 1.165) is 6.42 Å². The van der Waals surface area contributed by atoms with Crippen molar-refractivity contribution in [3.63, 3.8) is 0 Å². The first kappa shape index (κ1) is 39.7. The number of fused-ring (bicyclic) bond motifs is 20. The minimum atomic E-state index is -0.0320. The SMILES string of the molecule is CC(C)CCOc1c(Cl)c(Cl)c2c(c1Cl)-c1nc-2nc2[nH]c(nc3nc(nc4[nH]c(n1)c1c(Cl)c(Cl)c(Cl)c(Cl)c41)-c1c(Cl)c(Cl)c(Cl)c(Cl)c1-3)c1ccccc21. The number of ether oxygens (including phenoxy) is 1. The van der Waals surface area contributed by atoms with Crippen molar-refractivity contribution in [2.75, 3.05) is 6.61 Å². The third kappa shape index (κ3) is 6.19. The molecule has 3 aromatic heterocycles. The molecule has 2 aliphatic rings. The highest BCUT2D eigenvalue weighted by molar-refractivity contribution is 6.57. The molecule has 20 heteroatoms. The second-order valence-electron chi connectivity index (χ2n) is 13.2. The van der Waals surface area contributed by atoms with Gasteiger partial charge in [0.25, 0.3) is 0 Å². The lowest BCUT2D eigenvalue weighted by Crippen LogP contribution is -2.03. The van der Waals surface area contributed by atoms with Crippen LogP contribution in [0.2, 0.25) is 55.2 Å². The molecule has 0 spiro atoms. The largest absolute Gasteiger partial charge is 0.490 e. The highest BCUT2D eigenvalue weighted by Crippen LogP contribution is 2.54. The normalized spacial score (nSPS) is 12.2. The first-order valence-corrected chi connectivity index (χ1v) is 20.8. The number of benzene rings is 4. The van der Waals surface area contributed by atoms with Crippen LogP contribution in [0, 0.1) is 5.92 Å². The van der Waals surface area contributed by atoms with Gasteiger partial charge in [-0.3, -0.25) is 0 Å². The Morgan fingerprint density at radius 1 is 0.456 bits per heavy atom. The molecule has 0 saturated carbocycles. The molecule has 0 fully saturated rings. The fraction of sp³-hybridized carbons (Fsp3) is 0.135. The third-order valence-corrected chi connectivity index (χ3v) is 14.1. The zero-order chi connectivity index (χ0) is 40.3. The molecule has 2 N–H and O–H groups in total. The number of hydrogen-bond donors (Lipinski definition) is 2. The van der Waals surface area contributed by atoms with Gasteiger partial charge in [-0.1, -0.05) is 166 Å². The lowest BCUT2D eigenvalue weighted by Gasteiger charge is -2.15. The van der Waals surface area contributed by atoms with Gasteiger partial charge in [0.15, 0.2) is 29.0 Å². The number of hydrogen-bond acceptors (Lipinski definition) is 7.